The Labute approximate surface area is 177 Å². The molecule has 5 rings (SSSR count). The first-order chi connectivity index (χ1) is 14.8. The van der Waals surface area contributed by atoms with Crippen molar-refractivity contribution in [3.63, 3.8) is 0 Å². The summed E-state index contributed by atoms with van der Waals surface area (Å²) in [5.74, 6) is -1.05. The Balaban J connectivity index is 1.33. The molecule has 2 fully saturated rings. The Kier molecular flexibility index (Phi) is 4.25. The number of hydrogen-bond acceptors (Lipinski definition) is 5. The molecule has 0 aromatic heterocycles. The number of nitro benzene ring substituents is 1. The first kappa shape index (κ1) is 19.2. The van der Waals surface area contributed by atoms with Crippen molar-refractivity contribution < 1.29 is 19.3 Å². The maximum Gasteiger partial charge on any atom is 0.274 e. The van der Waals surface area contributed by atoms with Crippen LogP contribution in [0.1, 0.15) is 22.3 Å². The summed E-state index contributed by atoms with van der Waals surface area (Å²) in [5, 5.41) is 13.7. The molecular weight excluding hydrogens is 398 g/mol. The van der Waals surface area contributed by atoms with Gasteiger partial charge in [0.2, 0.25) is 11.8 Å². The highest BCUT2D eigenvalue weighted by molar-refractivity contribution is 6.23. The number of nitrogens with one attached hydrogen (secondary N) is 1. The zero-order valence-electron chi connectivity index (χ0n) is 16.6. The van der Waals surface area contributed by atoms with Gasteiger partial charge in [-0.05, 0) is 55.5 Å². The van der Waals surface area contributed by atoms with E-state index in [0.717, 1.165) is 6.42 Å². The number of carbonyl (C=O) groups excluding carboxylic acids is 3. The Morgan fingerprint density at radius 2 is 1.65 bits per heavy atom. The lowest BCUT2D eigenvalue weighted by molar-refractivity contribution is -0.385. The van der Waals surface area contributed by atoms with E-state index in [2.05, 4.69) is 5.32 Å². The van der Waals surface area contributed by atoms with Crippen LogP contribution in [-0.4, -0.2) is 22.6 Å². The van der Waals surface area contributed by atoms with E-state index >= 15 is 0 Å². The fourth-order valence-electron chi connectivity index (χ4n) is 5.01. The fourth-order valence-corrected chi connectivity index (χ4v) is 5.01. The molecule has 2 bridgehead atoms. The topological polar surface area (TPSA) is 110 Å². The SMILES string of the molecule is Cc1ccc(NC(=O)c2ccc(N3C(=O)[C@@H]4[C@H](C3=O)[C@@H]3C=C[C@@H]4C3)cc2)cc1[N+](=O)[O-]. The quantitative estimate of drug-likeness (QED) is 0.355. The first-order valence-electron chi connectivity index (χ1n) is 10.1. The average molecular weight is 417 g/mol. The first-order valence-corrected chi connectivity index (χ1v) is 10.1. The van der Waals surface area contributed by atoms with Gasteiger partial charge in [0.25, 0.3) is 11.6 Å². The van der Waals surface area contributed by atoms with Crippen LogP contribution < -0.4 is 10.2 Å². The smallest absolute Gasteiger partial charge is 0.274 e. The van der Waals surface area contributed by atoms with E-state index in [0.29, 0.717) is 22.5 Å². The molecule has 2 aliphatic carbocycles. The van der Waals surface area contributed by atoms with Gasteiger partial charge < -0.3 is 5.32 Å². The molecular formula is C23H19N3O5. The molecule has 0 unspecified atom stereocenters. The van der Waals surface area contributed by atoms with E-state index in [1.807, 2.05) is 12.2 Å². The lowest BCUT2D eigenvalue weighted by atomic mass is 9.85. The fraction of sp³-hybridized carbons (Fsp3) is 0.261. The monoisotopic (exact) mass is 417 g/mol. The number of rotatable bonds is 4. The molecule has 31 heavy (non-hydrogen) atoms. The number of carbonyl (C=O) groups is 3. The van der Waals surface area contributed by atoms with Crippen molar-refractivity contribution in [3.05, 3.63) is 75.9 Å². The molecule has 0 radical (unpaired) electrons. The number of hydrogen-bond donors (Lipinski definition) is 1. The van der Waals surface area contributed by atoms with Crippen molar-refractivity contribution in [1.82, 2.24) is 0 Å². The molecule has 3 amide bonds. The minimum atomic E-state index is -0.499. The molecule has 1 N–H and O–H groups in total. The second kappa shape index (κ2) is 6.87. The molecule has 8 heteroatoms. The number of benzene rings is 2. The Bertz CT molecular complexity index is 1140. The molecule has 1 saturated heterocycles. The summed E-state index contributed by atoms with van der Waals surface area (Å²) in [6.07, 6.45) is 4.96. The third-order valence-electron chi connectivity index (χ3n) is 6.52. The van der Waals surface area contributed by atoms with E-state index in [1.165, 1.54) is 23.1 Å². The zero-order valence-corrected chi connectivity index (χ0v) is 16.6. The van der Waals surface area contributed by atoms with Crippen LogP contribution >= 0.6 is 0 Å². The Morgan fingerprint density at radius 3 is 2.23 bits per heavy atom. The largest absolute Gasteiger partial charge is 0.322 e. The number of amides is 3. The third kappa shape index (κ3) is 2.94. The van der Waals surface area contributed by atoms with E-state index in [9.17, 15) is 24.5 Å². The molecule has 0 spiro atoms. The van der Waals surface area contributed by atoms with Crippen molar-refractivity contribution in [3.8, 4) is 0 Å². The van der Waals surface area contributed by atoms with Gasteiger partial charge in [0.15, 0.2) is 0 Å². The second-order valence-electron chi connectivity index (χ2n) is 8.27. The summed E-state index contributed by atoms with van der Waals surface area (Å²) in [6.45, 7) is 1.62. The molecule has 3 aliphatic rings. The predicted molar refractivity (Wildman–Crippen MR) is 112 cm³/mol. The van der Waals surface area contributed by atoms with Gasteiger partial charge in [-0.1, -0.05) is 18.2 Å². The molecule has 156 valence electrons. The lowest BCUT2D eigenvalue weighted by Crippen LogP contribution is -2.32. The van der Waals surface area contributed by atoms with E-state index in [4.69, 9.17) is 0 Å². The van der Waals surface area contributed by atoms with E-state index in [-0.39, 0.29) is 41.2 Å². The summed E-state index contributed by atoms with van der Waals surface area (Å²) >= 11 is 0. The molecule has 1 saturated carbocycles. The van der Waals surface area contributed by atoms with Crippen LogP contribution in [0.3, 0.4) is 0 Å². The number of aryl methyl sites for hydroxylation is 1. The van der Waals surface area contributed by atoms with E-state index in [1.54, 1.807) is 31.2 Å². The molecule has 2 aromatic carbocycles. The number of fused-ring (bicyclic) bond motifs is 5. The van der Waals surface area contributed by atoms with Gasteiger partial charge in [0, 0.05) is 22.9 Å². The Hall–Kier alpha value is -3.81. The Morgan fingerprint density at radius 1 is 1.03 bits per heavy atom. The van der Waals surface area contributed by atoms with Gasteiger partial charge >= 0.3 is 0 Å². The number of nitro groups is 1. The van der Waals surface area contributed by atoms with Gasteiger partial charge in [0.05, 0.1) is 22.4 Å². The van der Waals surface area contributed by atoms with Crippen LogP contribution in [0, 0.1) is 40.7 Å². The minimum absolute atomic E-state index is 0.0757. The van der Waals surface area contributed by atoms with Crippen molar-refractivity contribution in [2.24, 2.45) is 23.7 Å². The van der Waals surface area contributed by atoms with Crippen molar-refractivity contribution in [2.75, 3.05) is 10.2 Å². The average Bonchev–Trinajstić information content (AvgIpc) is 3.43. The summed E-state index contributed by atoms with van der Waals surface area (Å²) in [7, 11) is 0. The molecule has 4 atom stereocenters. The van der Waals surface area contributed by atoms with Crippen LogP contribution in [0.4, 0.5) is 17.1 Å². The highest BCUT2D eigenvalue weighted by Crippen LogP contribution is 2.53. The highest BCUT2D eigenvalue weighted by atomic mass is 16.6. The van der Waals surface area contributed by atoms with Crippen LogP contribution in [-0.2, 0) is 9.59 Å². The number of anilines is 2. The molecule has 1 aliphatic heterocycles. The van der Waals surface area contributed by atoms with Crippen molar-refractivity contribution in [2.45, 2.75) is 13.3 Å². The van der Waals surface area contributed by atoms with Crippen LogP contribution in [0.25, 0.3) is 0 Å². The lowest BCUT2D eigenvalue weighted by Gasteiger charge is -2.17. The van der Waals surface area contributed by atoms with Crippen LogP contribution in [0.15, 0.2) is 54.6 Å². The second-order valence-corrected chi connectivity index (χ2v) is 8.27. The number of imide groups is 1. The molecule has 2 aromatic rings. The van der Waals surface area contributed by atoms with Gasteiger partial charge in [-0.15, -0.1) is 0 Å². The van der Waals surface area contributed by atoms with Crippen LogP contribution in [0.2, 0.25) is 0 Å². The minimum Gasteiger partial charge on any atom is -0.322 e. The standard InChI is InChI=1S/C23H19N3O5/c1-12-2-7-16(11-18(12)26(30)31)24-21(27)13-5-8-17(9-6-13)25-22(28)19-14-3-4-15(10-14)20(19)23(25)29/h2-9,11,14-15,19-20H,10H2,1H3,(H,24,27)/t14-,15-,19-,20+/m1/s1. The van der Waals surface area contributed by atoms with E-state index < -0.39 is 10.8 Å². The van der Waals surface area contributed by atoms with Gasteiger partial charge in [-0.2, -0.15) is 0 Å². The van der Waals surface area contributed by atoms with Crippen molar-refractivity contribution >= 4 is 34.8 Å². The summed E-state index contributed by atoms with van der Waals surface area (Å²) in [4.78, 5) is 50.2. The maximum absolute atomic E-state index is 12.9. The number of allylic oxidation sites excluding steroid dienone is 2. The maximum atomic E-state index is 12.9. The summed E-state index contributed by atoms with van der Waals surface area (Å²) in [5.41, 5.74) is 1.50. The molecule has 1 heterocycles. The summed E-state index contributed by atoms with van der Waals surface area (Å²) in [6, 6.07) is 10.7. The zero-order chi connectivity index (χ0) is 21.9. The predicted octanol–water partition coefficient (Wildman–Crippen LogP) is 3.47. The number of nitrogens with zero attached hydrogens (tertiary/aromatic N) is 2. The third-order valence-corrected chi connectivity index (χ3v) is 6.52. The van der Waals surface area contributed by atoms with Crippen molar-refractivity contribution in [1.29, 1.82) is 0 Å². The molecule has 8 nitrogen and oxygen atoms in total. The highest BCUT2D eigenvalue weighted by Gasteiger charge is 2.59. The van der Waals surface area contributed by atoms with Gasteiger partial charge in [-0.3, -0.25) is 29.4 Å². The normalized spacial score (nSPS) is 25.8. The van der Waals surface area contributed by atoms with Crippen LogP contribution in [0.5, 0.6) is 0 Å². The van der Waals surface area contributed by atoms with Gasteiger partial charge in [-0.25, -0.2) is 0 Å². The van der Waals surface area contributed by atoms with Gasteiger partial charge in [0.1, 0.15) is 0 Å². The summed E-state index contributed by atoms with van der Waals surface area (Å²) < 4.78 is 0.